The third kappa shape index (κ3) is 6.23. The lowest BCUT2D eigenvalue weighted by atomic mass is 9.90. The largest absolute Gasteiger partial charge is 0.508 e. The van der Waals surface area contributed by atoms with Crippen LogP contribution in [0.15, 0.2) is 47.6 Å². The highest BCUT2D eigenvalue weighted by Gasteiger charge is 2.36. The van der Waals surface area contributed by atoms with E-state index in [4.69, 9.17) is 4.74 Å². The zero-order valence-corrected chi connectivity index (χ0v) is 20.7. The summed E-state index contributed by atoms with van der Waals surface area (Å²) in [5, 5.41) is 41.3. The van der Waals surface area contributed by atoms with Crippen LogP contribution in [0.1, 0.15) is 69.7 Å². The molecule has 0 aliphatic carbocycles. The van der Waals surface area contributed by atoms with Crippen molar-refractivity contribution in [2.45, 2.75) is 72.0 Å². The molecule has 2 aromatic rings. The topological polar surface area (TPSA) is 90.2 Å². The van der Waals surface area contributed by atoms with Crippen molar-refractivity contribution in [3.8, 4) is 23.0 Å². The second-order valence-corrected chi connectivity index (χ2v) is 9.90. The summed E-state index contributed by atoms with van der Waals surface area (Å²) in [5.41, 5.74) is 4.50. The zero-order valence-electron chi connectivity index (χ0n) is 20.7. The monoisotopic (exact) mass is 464 g/mol. The van der Waals surface area contributed by atoms with Gasteiger partial charge in [-0.15, -0.1) is 0 Å². The Hall–Kier alpha value is -3.18. The van der Waals surface area contributed by atoms with E-state index in [1.807, 2.05) is 38.1 Å². The molecule has 1 heterocycles. The summed E-state index contributed by atoms with van der Waals surface area (Å²) < 4.78 is 5.93. The van der Waals surface area contributed by atoms with Crippen molar-refractivity contribution in [2.75, 3.05) is 0 Å². The molecule has 34 heavy (non-hydrogen) atoms. The van der Waals surface area contributed by atoms with Gasteiger partial charge in [0.15, 0.2) is 11.5 Å². The number of hydrogen-bond donors (Lipinski definition) is 4. The molecule has 4 N–H and O–H groups in total. The van der Waals surface area contributed by atoms with Gasteiger partial charge in [0.2, 0.25) is 0 Å². The Bertz CT molecular complexity index is 1130. The van der Waals surface area contributed by atoms with Crippen LogP contribution in [0.25, 0.3) is 12.2 Å². The van der Waals surface area contributed by atoms with Crippen molar-refractivity contribution in [1.82, 2.24) is 0 Å². The van der Waals surface area contributed by atoms with Gasteiger partial charge in [0.1, 0.15) is 17.1 Å². The average Bonchev–Trinajstić information content (AvgIpc) is 2.74. The molecule has 0 saturated carbocycles. The van der Waals surface area contributed by atoms with E-state index in [0.717, 1.165) is 24.0 Å². The number of fused-ring (bicyclic) bond motifs is 1. The molecule has 5 heteroatoms. The molecule has 0 bridgehead atoms. The van der Waals surface area contributed by atoms with Gasteiger partial charge in [0, 0.05) is 17.5 Å². The highest BCUT2D eigenvalue weighted by molar-refractivity contribution is 5.73. The second-order valence-electron chi connectivity index (χ2n) is 9.90. The van der Waals surface area contributed by atoms with Crippen LogP contribution in [0.4, 0.5) is 0 Å². The van der Waals surface area contributed by atoms with Crippen molar-refractivity contribution in [3.63, 3.8) is 0 Å². The molecule has 1 aliphatic heterocycles. The highest BCUT2D eigenvalue weighted by Crippen LogP contribution is 2.39. The smallest absolute Gasteiger partial charge is 0.161 e. The van der Waals surface area contributed by atoms with Gasteiger partial charge in [0.05, 0.1) is 6.10 Å². The van der Waals surface area contributed by atoms with Crippen molar-refractivity contribution in [1.29, 1.82) is 0 Å². The maximum atomic E-state index is 10.5. The van der Waals surface area contributed by atoms with Crippen LogP contribution >= 0.6 is 0 Å². The summed E-state index contributed by atoms with van der Waals surface area (Å²) in [6, 6.07) is 6.82. The van der Waals surface area contributed by atoms with Gasteiger partial charge in [0.25, 0.3) is 0 Å². The molecule has 3 rings (SSSR count). The molecule has 2 aromatic carbocycles. The molecule has 5 nitrogen and oxygen atoms in total. The second kappa shape index (κ2) is 10.4. The van der Waals surface area contributed by atoms with E-state index in [9.17, 15) is 20.4 Å². The lowest BCUT2D eigenvalue weighted by molar-refractivity contribution is -0.0417. The maximum Gasteiger partial charge on any atom is 0.161 e. The van der Waals surface area contributed by atoms with E-state index in [1.165, 1.54) is 17.2 Å². The van der Waals surface area contributed by atoms with E-state index in [-0.39, 0.29) is 17.2 Å². The van der Waals surface area contributed by atoms with Gasteiger partial charge < -0.3 is 25.2 Å². The number of ether oxygens (including phenoxy) is 1. The first-order chi connectivity index (χ1) is 16.0. The van der Waals surface area contributed by atoms with Gasteiger partial charge in [-0.05, 0) is 89.3 Å². The summed E-state index contributed by atoms with van der Waals surface area (Å²) in [4.78, 5) is 0. The Morgan fingerprint density at radius 3 is 2.29 bits per heavy atom. The molecular formula is C29H36O5. The molecule has 1 atom stereocenters. The van der Waals surface area contributed by atoms with Crippen LogP contribution in [0, 0.1) is 0 Å². The van der Waals surface area contributed by atoms with Crippen LogP contribution in [-0.4, -0.2) is 32.1 Å². The minimum absolute atomic E-state index is 0.0784. The Labute approximate surface area is 202 Å². The fourth-order valence-electron chi connectivity index (χ4n) is 3.96. The summed E-state index contributed by atoms with van der Waals surface area (Å²) in [7, 11) is 0. The maximum absolute atomic E-state index is 10.5. The number of phenols is 3. The quantitative estimate of drug-likeness (QED) is 0.220. The van der Waals surface area contributed by atoms with Crippen LogP contribution in [0.3, 0.4) is 0 Å². The van der Waals surface area contributed by atoms with Crippen molar-refractivity contribution in [2.24, 2.45) is 0 Å². The van der Waals surface area contributed by atoms with Crippen LogP contribution in [0.2, 0.25) is 0 Å². The van der Waals surface area contributed by atoms with Crippen LogP contribution in [0.5, 0.6) is 23.0 Å². The number of benzene rings is 2. The van der Waals surface area contributed by atoms with E-state index in [1.54, 1.807) is 6.07 Å². The predicted molar refractivity (Wildman–Crippen MR) is 137 cm³/mol. The van der Waals surface area contributed by atoms with E-state index in [0.29, 0.717) is 29.7 Å². The van der Waals surface area contributed by atoms with Crippen molar-refractivity contribution < 1.29 is 25.2 Å². The molecule has 182 valence electrons. The summed E-state index contributed by atoms with van der Waals surface area (Å²) in [5.74, 6) is 0.360. The summed E-state index contributed by atoms with van der Waals surface area (Å²) in [6.07, 6.45) is 10.0. The van der Waals surface area contributed by atoms with E-state index >= 15 is 0 Å². The molecule has 0 amide bonds. The molecule has 0 aromatic heterocycles. The SMILES string of the molecule is CC(C)=CCC/C(C)=C/Cc1cc(/C=C/c2cc(O)c3c(c2)OC(C)(C)C(O)C3)cc(O)c1O. The highest BCUT2D eigenvalue weighted by atomic mass is 16.5. The minimum atomic E-state index is -0.739. The van der Waals surface area contributed by atoms with E-state index < -0.39 is 11.7 Å². The Morgan fingerprint density at radius 1 is 0.971 bits per heavy atom. The van der Waals surface area contributed by atoms with Gasteiger partial charge in [-0.25, -0.2) is 0 Å². The lowest BCUT2D eigenvalue weighted by Gasteiger charge is -2.37. The number of phenolic OH excluding ortho intramolecular Hbond substituents is 3. The lowest BCUT2D eigenvalue weighted by Crippen LogP contribution is -2.46. The number of aromatic hydroxyl groups is 3. The number of rotatable bonds is 7. The number of allylic oxidation sites excluding steroid dienone is 4. The number of hydrogen-bond acceptors (Lipinski definition) is 5. The minimum Gasteiger partial charge on any atom is -0.508 e. The van der Waals surface area contributed by atoms with Gasteiger partial charge in [-0.3, -0.25) is 0 Å². The average molecular weight is 465 g/mol. The number of aliphatic hydroxyl groups excluding tert-OH is 1. The molecule has 0 fully saturated rings. The fraction of sp³-hybridized carbons (Fsp3) is 0.379. The van der Waals surface area contributed by atoms with Crippen molar-refractivity contribution in [3.05, 3.63) is 69.8 Å². The molecule has 0 saturated heterocycles. The first kappa shape index (κ1) is 25.4. The molecule has 0 radical (unpaired) electrons. The molecular weight excluding hydrogens is 428 g/mol. The molecule has 0 spiro atoms. The molecule has 1 aliphatic rings. The van der Waals surface area contributed by atoms with Crippen LogP contribution in [-0.2, 0) is 12.8 Å². The van der Waals surface area contributed by atoms with E-state index in [2.05, 4.69) is 32.9 Å². The van der Waals surface area contributed by atoms with Gasteiger partial charge in [-0.2, -0.15) is 0 Å². The fourth-order valence-corrected chi connectivity index (χ4v) is 3.96. The van der Waals surface area contributed by atoms with Crippen molar-refractivity contribution >= 4 is 12.2 Å². The molecule has 1 unspecified atom stereocenters. The third-order valence-electron chi connectivity index (χ3n) is 6.20. The summed E-state index contributed by atoms with van der Waals surface area (Å²) in [6.45, 7) is 9.88. The van der Waals surface area contributed by atoms with Gasteiger partial charge >= 0.3 is 0 Å². The first-order valence-electron chi connectivity index (χ1n) is 11.7. The first-order valence-corrected chi connectivity index (χ1v) is 11.7. The Balaban J connectivity index is 1.80. The van der Waals surface area contributed by atoms with Crippen LogP contribution < -0.4 is 4.74 Å². The summed E-state index contributed by atoms with van der Waals surface area (Å²) >= 11 is 0. The normalized spacial score (nSPS) is 17.4. The predicted octanol–water partition coefficient (Wildman–Crippen LogP) is 6.28. The zero-order chi connectivity index (χ0) is 25.0. The van der Waals surface area contributed by atoms with Gasteiger partial charge in [-0.1, -0.05) is 35.5 Å². The number of aliphatic hydroxyl groups is 1. The standard InChI is InChI=1S/C29H36O5/c1-18(2)7-6-8-19(3)9-12-22-13-20(15-25(31)28(22)33)10-11-21-14-24(30)23-17-27(32)29(4,5)34-26(23)16-21/h7,9-11,13-16,27,30-33H,6,8,12,17H2,1-5H3/b11-10+,19-9+. The Morgan fingerprint density at radius 2 is 1.62 bits per heavy atom. The third-order valence-corrected chi connectivity index (χ3v) is 6.20. The Kier molecular flexibility index (Phi) is 7.78.